The van der Waals surface area contributed by atoms with Crippen molar-refractivity contribution in [2.45, 2.75) is 40.0 Å². The minimum Gasteiger partial charge on any atom is -0.382 e. The quantitative estimate of drug-likeness (QED) is 0.546. The van der Waals surface area contributed by atoms with E-state index in [0.29, 0.717) is 43.4 Å². The van der Waals surface area contributed by atoms with E-state index in [4.69, 9.17) is 4.74 Å². The van der Waals surface area contributed by atoms with Crippen molar-refractivity contribution in [3.8, 4) is 0 Å². The number of rotatable bonds is 7. The van der Waals surface area contributed by atoms with Gasteiger partial charge in [-0.25, -0.2) is 0 Å². The summed E-state index contributed by atoms with van der Waals surface area (Å²) < 4.78 is 5.37. The van der Waals surface area contributed by atoms with Crippen LogP contribution in [-0.4, -0.2) is 54.5 Å². The second-order valence-corrected chi connectivity index (χ2v) is 7.57. The van der Waals surface area contributed by atoms with Gasteiger partial charge in [-0.15, -0.1) is 0 Å². The van der Waals surface area contributed by atoms with Crippen molar-refractivity contribution < 1.29 is 14.3 Å². The SMILES string of the molecule is CCOCCCN1C(=O)C(c2ccc(C)cc2)=C(N2CCC(C)CC2)C1=O. The Balaban J connectivity index is 1.89. The molecule has 0 unspecified atom stereocenters. The molecule has 0 spiro atoms. The number of aryl methyl sites for hydroxylation is 1. The van der Waals surface area contributed by atoms with Gasteiger partial charge in [-0.1, -0.05) is 36.8 Å². The second kappa shape index (κ2) is 8.70. The van der Waals surface area contributed by atoms with E-state index in [-0.39, 0.29) is 11.8 Å². The smallest absolute Gasteiger partial charge is 0.277 e. The monoisotopic (exact) mass is 370 g/mol. The standard InChI is InChI=1S/C22H30N2O3/c1-4-27-15-5-12-24-21(25)19(18-8-6-16(2)7-9-18)20(22(24)26)23-13-10-17(3)11-14-23/h6-9,17H,4-5,10-15H2,1-3H3. The van der Waals surface area contributed by atoms with Gasteiger partial charge in [0.15, 0.2) is 0 Å². The van der Waals surface area contributed by atoms with Crippen molar-refractivity contribution in [3.63, 3.8) is 0 Å². The lowest BCUT2D eigenvalue weighted by molar-refractivity contribution is -0.137. The van der Waals surface area contributed by atoms with Gasteiger partial charge in [-0.2, -0.15) is 0 Å². The van der Waals surface area contributed by atoms with Gasteiger partial charge < -0.3 is 9.64 Å². The molecule has 0 aromatic heterocycles. The summed E-state index contributed by atoms with van der Waals surface area (Å²) in [6.07, 6.45) is 2.77. The fraction of sp³-hybridized carbons (Fsp3) is 0.545. The number of benzene rings is 1. The van der Waals surface area contributed by atoms with Gasteiger partial charge in [0.05, 0.1) is 5.57 Å². The summed E-state index contributed by atoms with van der Waals surface area (Å²) in [5.41, 5.74) is 3.12. The molecule has 0 atom stereocenters. The molecule has 0 N–H and O–H groups in total. The molecule has 0 aliphatic carbocycles. The molecule has 2 aliphatic rings. The van der Waals surface area contributed by atoms with Crippen LogP contribution in [0.4, 0.5) is 0 Å². The van der Waals surface area contributed by atoms with Gasteiger partial charge in [-0.05, 0) is 44.6 Å². The Bertz CT molecular complexity index is 716. The molecule has 0 bridgehead atoms. The zero-order chi connectivity index (χ0) is 19.4. The highest BCUT2D eigenvalue weighted by molar-refractivity contribution is 6.35. The lowest BCUT2D eigenvalue weighted by Crippen LogP contribution is -2.39. The first-order valence-electron chi connectivity index (χ1n) is 10.0. The average molecular weight is 370 g/mol. The molecule has 1 aromatic rings. The highest BCUT2D eigenvalue weighted by Crippen LogP contribution is 2.34. The second-order valence-electron chi connectivity index (χ2n) is 7.57. The molecule has 1 saturated heterocycles. The summed E-state index contributed by atoms with van der Waals surface area (Å²) in [6, 6.07) is 7.89. The number of amides is 2. The first-order chi connectivity index (χ1) is 13.0. The van der Waals surface area contributed by atoms with E-state index in [1.807, 2.05) is 38.1 Å². The minimum absolute atomic E-state index is 0.151. The third-order valence-electron chi connectivity index (χ3n) is 5.46. The van der Waals surface area contributed by atoms with Crippen molar-refractivity contribution in [2.24, 2.45) is 5.92 Å². The van der Waals surface area contributed by atoms with Crippen LogP contribution in [0.1, 0.15) is 44.2 Å². The van der Waals surface area contributed by atoms with Crippen molar-refractivity contribution in [2.75, 3.05) is 32.8 Å². The minimum atomic E-state index is -0.172. The molecule has 5 nitrogen and oxygen atoms in total. The molecule has 1 fully saturated rings. The van der Waals surface area contributed by atoms with Gasteiger partial charge in [0.2, 0.25) is 0 Å². The van der Waals surface area contributed by atoms with Crippen LogP contribution < -0.4 is 0 Å². The highest BCUT2D eigenvalue weighted by Gasteiger charge is 2.41. The number of nitrogens with zero attached hydrogens (tertiary/aromatic N) is 2. The van der Waals surface area contributed by atoms with E-state index in [2.05, 4.69) is 11.8 Å². The maximum Gasteiger partial charge on any atom is 0.277 e. The normalized spacial score (nSPS) is 18.8. The zero-order valence-corrected chi connectivity index (χ0v) is 16.7. The highest BCUT2D eigenvalue weighted by atomic mass is 16.5. The summed E-state index contributed by atoms with van der Waals surface area (Å²) in [7, 11) is 0. The summed E-state index contributed by atoms with van der Waals surface area (Å²) in [4.78, 5) is 29.9. The van der Waals surface area contributed by atoms with E-state index < -0.39 is 0 Å². The van der Waals surface area contributed by atoms with Gasteiger partial charge >= 0.3 is 0 Å². The summed E-state index contributed by atoms with van der Waals surface area (Å²) >= 11 is 0. The van der Waals surface area contributed by atoms with Gasteiger partial charge in [0.25, 0.3) is 11.8 Å². The van der Waals surface area contributed by atoms with Crippen LogP contribution in [0.15, 0.2) is 30.0 Å². The average Bonchev–Trinajstić information content (AvgIpc) is 2.91. The lowest BCUT2D eigenvalue weighted by Gasteiger charge is -2.32. The summed E-state index contributed by atoms with van der Waals surface area (Å²) in [6.45, 7) is 9.48. The molecule has 3 rings (SSSR count). The first-order valence-corrected chi connectivity index (χ1v) is 10.0. The third kappa shape index (κ3) is 4.24. The molecular weight excluding hydrogens is 340 g/mol. The molecule has 27 heavy (non-hydrogen) atoms. The first kappa shape index (κ1) is 19.6. The molecule has 146 valence electrons. The number of ether oxygens (including phenoxy) is 1. The zero-order valence-electron chi connectivity index (χ0n) is 16.7. The number of carbonyl (C=O) groups excluding carboxylic acids is 2. The van der Waals surface area contributed by atoms with Crippen LogP contribution in [0.3, 0.4) is 0 Å². The van der Waals surface area contributed by atoms with Gasteiger partial charge in [0.1, 0.15) is 5.70 Å². The summed E-state index contributed by atoms with van der Waals surface area (Å²) in [5, 5.41) is 0. The number of carbonyl (C=O) groups is 2. The molecule has 2 heterocycles. The molecule has 0 radical (unpaired) electrons. The van der Waals surface area contributed by atoms with Crippen LogP contribution in [0.25, 0.3) is 5.57 Å². The van der Waals surface area contributed by atoms with Crippen LogP contribution in [0.2, 0.25) is 0 Å². The maximum atomic E-state index is 13.2. The van der Waals surface area contributed by atoms with Crippen LogP contribution in [-0.2, 0) is 14.3 Å². The van der Waals surface area contributed by atoms with Crippen molar-refractivity contribution in [1.82, 2.24) is 9.80 Å². The van der Waals surface area contributed by atoms with E-state index in [1.165, 1.54) is 4.90 Å². The molecule has 2 amide bonds. The number of imide groups is 1. The Morgan fingerprint density at radius 2 is 1.74 bits per heavy atom. The Kier molecular flexibility index (Phi) is 6.32. The fourth-order valence-corrected chi connectivity index (χ4v) is 3.74. The molecule has 5 heteroatoms. The lowest BCUT2D eigenvalue weighted by atomic mass is 9.97. The molecule has 2 aliphatic heterocycles. The van der Waals surface area contributed by atoms with Gasteiger partial charge in [-0.3, -0.25) is 14.5 Å². The van der Waals surface area contributed by atoms with E-state index in [9.17, 15) is 9.59 Å². The van der Waals surface area contributed by atoms with Gasteiger partial charge in [0, 0.05) is 32.8 Å². The van der Waals surface area contributed by atoms with Crippen molar-refractivity contribution in [1.29, 1.82) is 0 Å². The largest absolute Gasteiger partial charge is 0.382 e. The van der Waals surface area contributed by atoms with E-state index in [1.54, 1.807) is 0 Å². The molecule has 0 saturated carbocycles. The van der Waals surface area contributed by atoms with E-state index in [0.717, 1.165) is 37.1 Å². The van der Waals surface area contributed by atoms with Crippen LogP contribution in [0.5, 0.6) is 0 Å². The Morgan fingerprint density at radius 3 is 2.37 bits per heavy atom. The van der Waals surface area contributed by atoms with Crippen molar-refractivity contribution in [3.05, 3.63) is 41.1 Å². The number of likely N-dealkylation sites (tertiary alicyclic amines) is 1. The topological polar surface area (TPSA) is 49.9 Å². The predicted molar refractivity (Wildman–Crippen MR) is 106 cm³/mol. The maximum absolute atomic E-state index is 13.2. The number of piperidine rings is 1. The van der Waals surface area contributed by atoms with Crippen LogP contribution >= 0.6 is 0 Å². The summed E-state index contributed by atoms with van der Waals surface area (Å²) in [5.74, 6) is 0.342. The Hall–Kier alpha value is -2.14. The number of hydrogen-bond acceptors (Lipinski definition) is 4. The third-order valence-corrected chi connectivity index (χ3v) is 5.46. The molecule has 1 aromatic carbocycles. The Labute approximate surface area is 162 Å². The van der Waals surface area contributed by atoms with E-state index >= 15 is 0 Å². The van der Waals surface area contributed by atoms with Crippen molar-refractivity contribution >= 4 is 17.4 Å². The Morgan fingerprint density at radius 1 is 1.07 bits per heavy atom. The van der Waals surface area contributed by atoms with Crippen LogP contribution in [0, 0.1) is 12.8 Å². The number of hydrogen-bond donors (Lipinski definition) is 0. The fourth-order valence-electron chi connectivity index (χ4n) is 3.74. The predicted octanol–water partition coefficient (Wildman–Crippen LogP) is 3.23. The molecular formula is C22H30N2O3.